The van der Waals surface area contributed by atoms with Crippen molar-refractivity contribution in [2.45, 2.75) is 49.4 Å². The van der Waals surface area contributed by atoms with Crippen LogP contribution in [0.4, 0.5) is 5.82 Å². The Balaban J connectivity index is 1.83. The van der Waals surface area contributed by atoms with Gasteiger partial charge in [-0.1, -0.05) is 0 Å². The first-order chi connectivity index (χ1) is 11.7. The van der Waals surface area contributed by atoms with Crippen molar-refractivity contribution in [3.8, 4) is 0 Å². The summed E-state index contributed by atoms with van der Waals surface area (Å²) in [5, 5.41) is 9.32. The summed E-state index contributed by atoms with van der Waals surface area (Å²) in [6.45, 7) is 2.51. The van der Waals surface area contributed by atoms with Crippen LogP contribution >= 0.6 is 0 Å². The van der Waals surface area contributed by atoms with E-state index in [-0.39, 0.29) is 17.1 Å². The predicted molar refractivity (Wildman–Crippen MR) is 92.2 cm³/mol. The predicted octanol–water partition coefficient (Wildman–Crippen LogP) is 0.175. The van der Waals surface area contributed by atoms with Crippen LogP contribution < -0.4 is 4.90 Å². The van der Waals surface area contributed by atoms with Gasteiger partial charge in [0.25, 0.3) is 5.91 Å². The number of likely N-dealkylation sites (N-methyl/N-ethyl adjacent to an activating group) is 1. The fourth-order valence-corrected chi connectivity index (χ4v) is 3.60. The Bertz CT molecular complexity index is 776. The molecular weight excluding hydrogens is 344 g/mol. The van der Waals surface area contributed by atoms with E-state index in [1.54, 1.807) is 4.90 Å². The maximum absolute atomic E-state index is 11.9. The number of hydrogen-bond donors (Lipinski definition) is 1. The Morgan fingerprint density at radius 2 is 2.04 bits per heavy atom. The zero-order chi connectivity index (χ0) is 18.4. The molecule has 0 bridgehead atoms. The number of carbonyl (C=O) groups is 1. The maximum atomic E-state index is 11.9. The van der Waals surface area contributed by atoms with Crippen molar-refractivity contribution in [3.63, 3.8) is 0 Å². The average Bonchev–Trinajstić information content (AvgIpc) is 3.29. The molecule has 1 aromatic heterocycles. The molecule has 9 heteroatoms. The number of carbonyl (C=O) groups excluding carboxylic acids is 1. The highest BCUT2D eigenvalue weighted by Gasteiger charge is 2.33. The first-order valence-electron chi connectivity index (χ1n) is 8.45. The molecule has 2 atom stereocenters. The van der Waals surface area contributed by atoms with E-state index in [1.165, 1.54) is 6.92 Å². The van der Waals surface area contributed by atoms with Crippen molar-refractivity contribution in [1.82, 2.24) is 14.9 Å². The number of sulfone groups is 1. The number of amides is 1. The minimum absolute atomic E-state index is 0.0251. The fraction of sp³-hybridized carbons (Fsp3) is 0.688. The van der Waals surface area contributed by atoms with Gasteiger partial charge in [0, 0.05) is 44.4 Å². The molecule has 1 unspecified atom stereocenters. The molecule has 1 aliphatic heterocycles. The molecule has 25 heavy (non-hydrogen) atoms. The van der Waals surface area contributed by atoms with Crippen LogP contribution in [0.5, 0.6) is 0 Å². The second kappa shape index (κ2) is 6.53. The van der Waals surface area contributed by atoms with Gasteiger partial charge in [-0.15, -0.1) is 0 Å². The van der Waals surface area contributed by atoms with Gasteiger partial charge in [-0.25, -0.2) is 18.4 Å². The molecule has 2 heterocycles. The summed E-state index contributed by atoms with van der Waals surface area (Å²) in [4.78, 5) is 23.9. The van der Waals surface area contributed by atoms with E-state index < -0.39 is 15.9 Å². The van der Waals surface area contributed by atoms with E-state index in [0.29, 0.717) is 24.8 Å². The Morgan fingerprint density at radius 3 is 2.60 bits per heavy atom. The highest BCUT2D eigenvalue weighted by Crippen LogP contribution is 2.40. The Hall–Kier alpha value is -1.74. The molecule has 1 saturated heterocycles. The van der Waals surface area contributed by atoms with E-state index in [0.717, 1.165) is 31.2 Å². The largest absolute Gasteiger partial charge is 0.384 e. The number of aliphatic hydroxyl groups is 1. The zero-order valence-corrected chi connectivity index (χ0v) is 15.5. The van der Waals surface area contributed by atoms with Crippen LogP contribution in [0.15, 0.2) is 11.2 Å². The van der Waals surface area contributed by atoms with Gasteiger partial charge in [-0.2, -0.15) is 0 Å². The van der Waals surface area contributed by atoms with E-state index in [1.807, 2.05) is 18.0 Å². The van der Waals surface area contributed by atoms with E-state index >= 15 is 0 Å². The number of likely N-dealkylation sites (tertiary alicyclic amines) is 1. The molecule has 138 valence electrons. The second-order valence-electron chi connectivity index (χ2n) is 6.99. The minimum Gasteiger partial charge on any atom is -0.384 e. The molecule has 0 spiro atoms. The third-order valence-corrected chi connectivity index (χ3v) is 5.63. The highest BCUT2D eigenvalue weighted by atomic mass is 32.2. The van der Waals surface area contributed by atoms with Crippen molar-refractivity contribution in [3.05, 3.63) is 11.8 Å². The van der Waals surface area contributed by atoms with Crippen LogP contribution in [0.2, 0.25) is 0 Å². The third kappa shape index (κ3) is 3.92. The number of rotatable bonds is 5. The van der Waals surface area contributed by atoms with Gasteiger partial charge < -0.3 is 14.9 Å². The first kappa shape index (κ1) is 18.1. The van der Waals surface area contributed by atoms with Gasteiger partial charge in [0.15, 0.2) is 0 Å². The summed E-state index contributed by atoms with van der Waals surface area (Å²) < 4.78 is 23.8. The molecule has 3 rings (SSSR count). The average molecular weight is 368 g/mol. The van der Waals surface area contributed by atoms with Crippen molar-refractivity contribution in [1.29, 1.82) is 0 Å². The van der Waals surface area contributed by atoms with Gasteiger partial charge >= 0.3 is 0 Å². The quantitative estimate of drug-likeness (QED) is 0.739. The van der Waals surface area contributed by atoms with Crippen molar-refractivity contribution in [2.24, 2.45) is 0 Å². The lowest BCUT2D eigenvalue weighted by molar-refractivity contribution is -0.138. The summed E-state index contributed by atoms with van der Waals surface area (Å²) in [7, 11) is -1.64. The minimum atomic E-state index is -3.49. The van der Waals surface area contributed by atoms with E-state index in [9.17, 15) is 18.3 Å². The number of aliphatic hydroxyl groups excluding tert-OH is 1. The van der Waals surface area contributed by atoms with Gasteiger partial charge in [-0.3, -0.25) is 4.79 Å². The maximum Gasteiger partial charge on any atom is 0.251 e. The number of anilines is 1. The van der Waals surface area contributed by atoms with Gasteiger partial charge in [0.05, 0.1) is 5.69 Å². The summed E-state index contributed by atoms with van der Waals surface area (Å²) in [5.74, 6) is 0.593. The molecule has 1 N–H and O–H groups in total. The zero-order valence-electron chi connectivity index (χ0n) is 14.7. The number of nitrogens with zero attached hydrogens (tertiary/aromatic N) is 4. The number of hydrogen-bond acceptors (Lipinski definition) is 7. The van der Waals surface area contributed by atoms with Crippen LogP contribution in [0.3, 0.4) is 0 Å². The van der Waals surface area contributed by atoms with Gasteiger partial charge in [0.1, 0.15) is 11.9 Å². The lowest BCUT2D eigenvalue weighted by Crippen LogP contribution is -2.40. The lowest BCUT2D eigenvalue weighted by Gasteiger charge is -2.26. The highest BCUT2D eigenvalue weighted by molar-refractivity contribution is 7.90. The monoisotopic (exact) mass is 368 g/mol. The number of aromatic nitrogens is 2. The van der Waals surface area contributed by atoms with Crippen LogP contribution in [-0.2, 0) is 14.6 Å². The molecule has 1 amide bonds. The SMILES string of the molecule is C[C@@H](O)C(=O)N1CCC(N(C)c2cc(C3CC3)nc(S(C)(=O)=O)n2)C1. The molecule has 1 aliphatic carbocycles. The molecule has 1 saturated carbocycles. The summed E-state index contributed by atoms with van der Waals surface area (Å²) in [5.41, 5.74) is 0.771. The van der Waals surface area contributed by atoms with Crippen molar-refractivity contribution >= 4 is 21.6 Å². The third-order valence-electron chi connectivity index (χ3n) is 4.78. The molecule has 2 fully saturated rings. The van der Waals surface area contributed by atoms with E-state index in [4.69, 9.17) is 0 Å². The molecule has 0 aromatic carbocycles. The Morgan fingerprint density at radius 1 is 1.36 bits per heavy atom. The molecule has 0 radical (unpaired) electrons. The smallest absolute Gasteiger partial charge is 0.251 e. The molecule has 8 nitrogen and oxygen atoms in total. The standard InChI is InChI=1S/C16H24N4O4S/c1-10(21)15(22)20-7-6-12(9-20)19(2)14-8-13(11-4-5-11)17-16(18-14)25(3,23)24/h8,10-12,21H,4-7,9H2,1-3H3/t10-,12?/m1/s1. The first-order valence-corrected chi connectivity index (χ1v) is 10.3. The van der Waals surface area contributed by atoms with Crippen molar-refractivity contribution in [2.75, 3.05) is 31.3 Å². The molecule has 2 aliphatic rings. The van der Waals surface area contributed by atoms with Crippen LogP contribution in [0.25, 0.3) is 0 Å². The van der Waals surface area contributed by atoms with Crippen molar-refractivity contribution < 1.29 is 18.3 Å². The second-order valence-corrected chi connectivity index (χ2v) is 8.90. The normalized spacial score (nSPS) is 22.1. The summed E-state index contributed by atoms with van der Waals surface area (Å²) >= 11 is 0. The molecular formula is C16H24N4O4S. The van der Waals surface area contributed by atoms with Crippen LogP contribution in [0, 0.1) is 0 Å². The van der Waals surface area contributed by atoms with Crippen LogP contribution in [0.1, 0.15) is 37.8 Å². The lowest BCUT2D eigenvalue weighted by atomic mass is 10.2. The Kier molecular flexibility index (Phi) is 4.72. The topological polar surface area (TPSA) is 104 Å². The van der Waals surface area contributed by atoms with Crippen LogP contribution in [-0.4, -0.2) is 72.8 Å². The van der Waals surface area contributed by atoms with Gasteiger partial charge in [0.2, 0.25) is 15.0 Å². The fourth-order valence-electron chi connectivity index (χ4n) is 3.07. The molecule has 1 aromatic rings. The summed E-state index contributed by atoms with van der Waals surface area (Å²) in [6.07, 6.45) is 2.88. The summed E-state index contributed by atoms with van der Waals surface area (Å²) in [6, 6.07) is 1.88. The Labute approximate surface area is 147 Å². The van der Waals surface area contributed by atoms with E-state index in [2.05, 4.69) is 9.97 Å². The van der Waals surface area contributed by atoms with Gasteiger partial charge in [-0.05, 0) is 26.2 Å².